The minimum atomic E-state index is -0.103. The van der Waals surface area contributed by atoms with Gasteiger partial charge in [-0.15, -0.1) is 5.43 Å². The number of amides is 1. The zero-order valence-electron chi connectivity index (χ0n) is 11.9. The first-order valence-electron chi connectivity index (χ1n) is 7.35. The molecule has 0 saturated carbocycles. The van der Waals surface area contributed by atoms with Crippen LogP contribution in [0.25, 0.3) is 0 Å². The normalized spacial score (nSPS) is 17.4. The van der Waals surface area contributed by atoms with Gasteiger partial charge in [-0.1, -0.05) is 35.0 Å². The van der Waals surface area contributed by atoms with Gasteiger partial charge in [0.2, 0.25) is 0 Å². The molecule has 1 heterocycles. The van der Waals surface area contributed by atoms with Crippen molar-refractivity contribution in [1.82, 2.24) is 0 Å². The van der Waals surface area contributed by atoms with E-state index < -0.39 is 0 Å². The number of pyridine rings is 1. The average Bonchev–Trinajstić information content (AvgIpc) is 2.57. The van der Waals surface area contributed by atoms with Crippen LogP contribution >= 0.6 is 0 Å². The SMILES string of the molecule is O=C(N[n+]1ccc(C2CC=CCC2)cc1)c1ccccc1. The number of carbonyl (C=O) groups excluding carboxylic acids is 1. The maximum absolute atomic E-state index is 12.1. The molecular weight excluding hydrogens is 260 g/mol. The molecule has 0 spiro atoms. The van der Waals surface area contributed by atoms with E-state index >= 15 is 0 Å². The molecule has 0 aliphatic heterocycles. The smallest absolute Gasteiger partial charge is 0.264 e. The van der Waals surface area contributed by atoms with Crippen LogP contribution < -0.4 is 10.1 Å². The minimum absolute atomic E-state index is 0.103. The van der Waals surface area contributed by atoms with Crippen molar-refractivity contribution in [3.63, 3.8) is 0 Å². The Morgan fingerprint density at radius 3 is 2.48 bits per heavy atom. The molecule has 1 N–H and O–H groups in total. The Balaban J connectivity index is 1.67. The summed E-state index contributed by atoms with van der Waals surface area (Å²) in [6.45, 7) is 0. The Morgan fingerprint density at radius 2 is 1.81 bits per heavy atom. The van der Waals surface area contributed by atoms with E-state index in [4.69, 9.17) is 0 Å². The highest BCUT2D eigenvalue weighted by molar-refractivity contribution is 5.98. The van der Waals surface area contributed by atoms with Crippen LogP contribution in [0.15, 0.2) is 67.0 Å². The third-order valence-corrected chi connectivity index (χ3v) is 3.86. The number of aromatic nitrogens is 1. The van der Waals surface area contributed by atoms with E-state index in [2.05, 4.69) is 29.7 Å². The number of hydrogen-bond donors (Lipinski definition) is 1. The highest BCUT2D eigenvalue weighted by Gasteiger charge is 2.15. The zero-order chi connectivity index (χ0) is 14.5. The second kappa shape index (κ2) is 6.35. The molecule has 0 fully saturated rings. The fraction of sp³-hybridized carbons (Fsp3) is 0.222. The van der Waals surface area contributed by atoms with Crippen molar-refractivity contribution in [2.24, 2.45) is 0 Å². The van der Waals surface area contributed by atoms with E-state index in [-0.39, 0.29) is 5.91 Å². The molecule has 3 rings (SSSR count). The third kappa shape index (κ3) is 3.37. The van der Waals surface area contributed by atoms with Crippen molar-refractivity contribution in [1.29, 1.82) is 0 Å². The molecule has 3 heteroatoms. The molecule has 0 radical (unpaired) electrons. The van der Waals surface area contributed by atoms with E-state index in [0.29, 0.717) is 11.5 Å². The van der Waals surface area contributed by atoms with E-state index in [1.165, 1.54) is 12.0 Å². The predicted molar refractivity (Wildman–Crippen MR) is 82.5 cm³/mol. The van der Waals surface area contributed by atoms with Crippen LogP contribution in [0.2, 0.25) is 0 Å². The Labute approximate surface area is 124 Å². The molecule has 2 aromatic rings. The zero-order valence-corrected chi connectivity index (χ0v) is 11.9. The summed E-state index contributed by atoms with van der Waals surface area (Å²) in [6.07, 6.45) is 11.8. The molecule has 0 bridgehead atoms. The molecular formula is C18H19N2O+. The number of hydrogen-bond acceptors (Lipinski definition) is 1. The summed E-state index contributed by atoms with van der Waals surface area (Å²) in [5.41, 5.74) is 4.85. The van der Waals surface area contributed by atoms with Crippen molar-refractivity contribution in [3.8, 4) is 0 Å². The Bertz CT molecular complexity index is 632. The van der Waals surface area contributed by atoms with Crippen LogP contribution in [0, 0.1) is 0 Å². The summed E-state index contributed by atoms with van der Waals surface area (Å²) >= 11 is 0. The summed E-state index contributed by atoms with van der Waals surface area (Å²) in [6, 6.07) is 13.4. The molecule has 1 aliphatic carbocycles. The second-order valence-electron chi connectivity index (χ2n) is 5.33. The van der Waals surface area contributed by atoms with E-state index in [9.17, 15) is 4.79 Å². The van der Waals surface area contributed by atoms with Gasteiger partial charge in [0.1, 0.15) is 0 Å². The van der Waals surface area contributed by atoms with E-state index in [1.807, 2.05) is 30.6 Å². The number of nitrogens with one attached hydrogen (secondary N) is 1. The van der Waals surface area contributed by atoms with Crippen molar-refractivity contribution < 1.29 is 9.47 Å². The molecule has 0 saturated heterocycles. The maximum Gasteiger partial charge on any atom is 0.305 e. The molecule has 1 aromatic carbocycles. The molecule has 21 heavy (non-hydrogen) atoms. The Morgan fingerprint density at radius 1 is 1.05 bits per heavy atom. The molecule has 1 aromatic heterocycles. The summed E-state index contributed by atoms with van der Waals surface area (Å²) < 4.78 is 1.71. The standard InChI is InChI=1S/C18H18N2O/c21-18(17-9-5-2-6-10-17)19-20-13-11-16(12-14-20)15-7-3-1-4-8-15/h1-3,5-6,9-15H,4,7-8H2/p+1. The van der Waals surface area contributed by atoms with Crippen molar-refractivity contribution in [2.45, 2.75) is 25.2 Å². The lowest BCUT2D eigenvalue weighted by Gasteiger charge is -2.17. The highest BCUT2D eigenvalue weighted by Crippen LogP contribution is 2.27. The molecule has 3 nitrogen and oxygen atoms in total. The van der Waals surface area contributed by atoms with Gasteiger partial charge in [-0.2, -0.15) is 0 Å². The van der Waals surface area contributed by atoms with Crippen LogP contribution in [0.3, 0.4) is 0 Å². The lowest BCUT2D eigenvalue weighted by atomic mass is 9.88. The average molecular weight is 279 g/mol. The van der Waals surface area contributed by atoms with Gasteiger partial charge in [-0.3, -0.25) is 4.79 Å². The monoisotopic (exact) mass is 279 g/mol. The predicted octanol–water partition coefficient (Wildman–Crippen LogP) is 3.18. The van der Waals surface area contributed by atoms with Crippen LogP contribution in [0.1, 0.15) is 41.1 Å². The fourth-order valence-corrected chi connectivity index (χ4v) is 2.65. The summed E-state index contributed by atoms with van der Waals surface area (Å²) in [7, 11) is 0. The van der Waals surface area contributed by atoms with Gasteiger partial charge in [-0.25, -0.2) is 0 Å². The molecule has 1 unspecified atom stereocenters. The molecule has 1 atom stereocenters. The number of benzene rings is 1. The Kier molecular flexibility index (Phi) is 4.10. The second-order valence-corrected chi connectivity index (χ2v) is 5.33. The molecule has 106 valence electrons. The summed E-state index contributed by atoms with van der Waals surface area (Å²) in [5.74, 6) is 0.503. The largest absolute Gasteiger partial charge is 0.305 e. The lowest BCUT2D eigenvalue weighted by molar-refractivity contribution is -0.641. The topological polar surface area (TPSA) is 33.0 Å². The third-order valence-electron chi connectivity index (χ3n) is 3.86. The maximum atomic E-state index is 12.1. The first-order chi connectivity index (χ1) is 10.3. The van der Waals surface area contributed by atoms with Crippen LogP contribution in [0.5, 0.6) is 0 Å². The quantitative estimate of drug-likeness (QED) is 0.679. The van der Waals surface area contributed by atoms with Crippen molar-refractivity contribution in [3.05, 3.63) is 78.1 Å². The van der Waals surface area contributed by atoms with Crippen LogP contribution in [0.4, 0.5) is 0 Å². The van der Waals surface area contributed by atoms with Crippen LogP contribution in [-0.4, -0.2) is 5.91 Å². The number of nitrogens with zero attached hydrogens (tertiary/aromatic N) is 1. The number of allylic oxidation sites excluding steroid dienone is 2. The number of rotatable bonds is 3. The van der Waals surface area contributed by atoms with Gasteiger partial charge in [0.25, 0.3) is 0 Å². The van der Waals surface area contributed by atoms with Crippen molar-refractivity contribution >= 4 is 5.91 Å². The minimum Gasteiger partial charge on any atom is -0.264 e. The van der Waals surface area contributed by atoms with Gasteiger partial charge < -0.3 is 0 Å². The lowest BCUT2D eigenvalue weighted by Crippen LogP contribution is -2.47. The van der Waals surface area contributed by atoms with Gasteiger partial charge in [0, 0.05) is 17.7 Å². The first-order valence-corrected chi connectivity index (χ1v) is 7.35. The number of carbonyl (C=O) groups is 1. The Hall–Kier alpha value is -2.42. The van der Waals surface area contributed by atoms with E-state index in [0.717, 1.165) is 12.8 Å². The molecule has 1 aliphatic rings. The van der Waals surface area contributed by atoms with Gasteiger partial charge in [-0.05, 0) is 42.9 Å². The van der Waals surface area contributed by atoms with Crippen LogP contribution in [-0.2, 0) is 0 Å². The van der Waals surface area contributed by atoms with Crippen molar-refractivity contribution in [2.75, 3.05) is 5.43 Å². The van der Waals surface area contributed by atoms with Gasteiger partial charge >= 0.3 is 5.91 Å². The highest BCUT2D eigenvalue weighted by atomic mass is 16.2. The first kappa shape index (κ1) is 13.6. The van der Waals surface area contributed by atoms with Gasteiger partial charge in [0.15, 0.2) is 12.4 Å². The fourth-order valence-electron chi connectivity index (χ4n) is 2.65. The van der Waals surface area contributed by atoms with E-state index in [1.54, 1.807) is 16.8 Å². The summed E-state index contributed by atoms with van der Waals surface area (Å²) in [4.78, 5) is 12.1. The molecule has 1 amide bonds. The summed E-state index contributed by atoms with van der Waals surface area (Å²) in [5, 5.41) is 0. The van der Waals surface area contributed by atoms with Gasteiger partial charge in [0.05, 0.1) is 0 Å².